The Hall–Kier alpha value is -5.35. The van der Waals surface area contributed by atoms with Crippen LogP contribution >= 0.6 is 15.6 Å². The molecule has 0 aliphatic heterocycles. The predicted molar refractivity (Wildman–Crippen MR) is 518 cm³/mol. The molecule has 123 heavy (non-hydrogen) atoms. The molecule has 16 nitrogen and oxygen atoms in total. The van der Waals surface area contributed by atoms with Crippen LogP contribution in [-0.4, -0.2) is 95.9 Å². The van der Waals surface area contributed by atoms with Crippen LogP contribution in [0.4, 0.5) is 0 Å². The largest absolute Gasteiger partial charge is 0.472 e. The van der Waals surface area contributed by atoms with Gasteiger partial charge in [-0.05, 0) is 161 Å². The molecule has 704 valence electrons. The molecule has 0 fully saturated rings. The lowest BCUT2D eigenvalue weighted by Crippen LogP contribution is -2.30. The van der Waals surface area contributed by atoms with Crippen molar-refractivity contribution in [1.82, 2.24) is 0 Å². The van der Waals surface area contributed by atoms with Crippen LogP contribution in [0.15, 0.2) is 182 Å². The summed E-state index contributed by atoms with van der Waals surface area (Å²) in [5, 5.41) is 20.8. The van der Waals surface area contributed by atoms with Crippen LogP contribution in [0, 0.1) is 0 Å². The number of ether oxygens (including phenoxy) is 3. The number of hydrogen-bond donors (Lipinski definition) is 4. The first-order chi connectivity index (χ1) is 60.2. The molecule has 0 aliphatic rings. The molecule has 0 heterocycles. The highest BCUT2D eigenvalue weighted by Crippen LogP contribution is 2.45. The molecule has 4 N–H and O–H groups in total. The molecule has 0 amide bonds. The van der Waals surface area contributed by atoms with E-state index in [4.69, 9.17) is 32.3 Å². The number of carbonyl (C=O) groups is 3. The summed E-state index contributed by atoms with van der Waals surface area (Å²) in [5.74, 6) is -1.57. The molecule has 0 aliphatic carbocycles. The van der Waals surface area contributed by atoms with Crippen LogP contribution in [0.1, 0.15) is 406 Å². The van der Waals surface area contributed by atoms with Gasteiger partial charge in [-0.3, -0.25) is 32.5 Å². The Labute approximate surface area is 751 Å². The standard InChI is InChI=1S/C105H178O16P2/c1-4-7-10-13-16-19-22-25-28-31-34-37-40-43-46-48-49-51-54-55-58-61-64-67-70-73-76-79-82-85-88-91-103(108)115-94-100(106)95-117-122(111,112)118-96-101(107)97-119-123(113,114)120-99-102(121-105(110)93-90-87-84-81-78-75-72-69-66-63-60-57-52-45-42-39-36-33-30-27-24-21-18-15-12-9-6-3)98-116-104(109)92-89-86-83-80-77-74-71-68-65-62-59-56-53-50-47-44-41-38-35-32-29-26-23-20-17-14-11-8-5-2/h7,9-10,12,16-21,25-30,34-39,43-47,49,51-52,100-102,106-107H,4-6,8,11,13-15,22-24,31-33,40-42,48,50,53-99H2,1-3H3,(H,111,112)(H,113,114)/b10-7-,12-9-,19-16-,20-17-,21-18-,28-25-,29-26-,30-27-,37-34-,38-35-,39-36-,46-43-,47-44-,51-49-,52-45-. The van der Waals surface area contributed by atoms with Gasteiger partial charge in [-0.25, -0.2) is 9.13 Å². The third-order valence-electron chi connectivity index (χ3n) is 20.6. The SMILES string of the molecule is CC/C=C\C/C=C\C/C=C\C/C=C\C/C=C\C/C=C\CCCCCCCCCCCCCCC(=O)OCC(O)COP(=O)(O)OCC(O)COP(=O)(O)OCC(COC(=O)CCCCCCCCCCCCCCC/C=C\C/C=C\C/C=C\C/C=C\CCCCC)OC(=O)CCCCCCCCCCCCC/C=C\C/C=C\C/C=C\C/C=C\C/C=C\CC. The minimum absolute atomic E-state index is 0.0961. The van der Waals surface area contributed by atoms with E-state index in [9.17, 15) is 43.5 Å². The van der Waals surface area contributed by atoms with Gasteiger partial charge in [0.1, 0.15) is 25.4 Å². The van der Waals surface area contributed by atoms with Gasteiger partial charge in [-0.2, -0.15) is 0 Å². The molecule has 0 rings (SSSR count). The monoisotopic (exact) mass is 1760 g/mol. The second-order valence-electron chi connectivity index (χ2n) is 32.5. The summed E-state index contributed by atoms with van der Waals surface area (Å²) in [6.45, 7) is 2.48. The molecule has 0 saturated carbocycles. The van der Waals surface area contributed by atoms with E-state index in [2.05, 4.69) is 203 Å². The average Bonchev–Trinajstić information content (AvgIpc) is 0.891. The Kier molecular flexibility index (Phi) is 91.6. The number of hydrogen-bond acceptors (Lipinski definition) is 14. The number of phosphoric acid groups is 2. The summed E-state index contributed by atoms with van der Waals surface area (Å²) >= 11 is 0. The summed E-state index contributed by atoms with van der Waals surface area (Å²) in [5.41, 5.74) is 0. The number of esters is 3. The highest BCUT2D eigenvalue weighted by Gasteiger charge is 2.30. The topological polar surface area (TPSA) is 231 Å². The number of unbranched alkanes of at least 4 members (excludes halogenated alkanes) is 39. The molecule has 0 aromatic heterocycles. The van der Waals surface area contributed by atoms with Crippen molar-refractivity contribution in [3.63, 3.8) is 0 Å². The van der Waals surface area contributed by atoms with E-state index in [1.165, 1.54) is 167 Å². The fourth-order valence-corrected chi connectivity index (χ4v) is 14.8. The van der Waals surface area contributed by atoms with Crippen molar-refractivity contribution in [3.8, 4) is 0 Å². The van der Waals surface area contributed by atoms with Crippen LogP contribution in [0.5, 0.6) is 0 Å². The molecule has 5 atom stereocenters. The maximum absolute atomic E-state index is 13.1. The summed E-state index contributed by atoms with van der Waals surface area (Å²) in [4.78, 5) is 59.2. The number of carbonyl (C=O) groups excluding carboxylic acids is 3. The highest BCUT2D eigenvalue weighted by molar-refractivity contribution is 7.47. The van der Waals surface area contributed by atoms with Crippen molar-refractivity contribution < 1.29 is 75.8 Å². The third-order valence-corrected chi connectivity index (χ3v) is 22.5. The number of rotatable bonds is 92. The van der Waals surface area contributed by atoms with E-state index < -0.39 is 91.5 Å². The normalized spacial score (nSPS) is 14.5. The van der Waals surface area contributed by atoms with Crippen LogP contribution in [0.25, 0.3) is 0 Å². The zero-order chi connectivity index (χ0) is 89.3. The van der Waals surface area contributed by atoms with E-state index >= 15 is 0 Å². The van der Waals surface area contributed by atoms with Crippen molar-refractivity contribution in [2.24, 2.45) is 0 Å². The number of aliphatic hydroxyl groups excluding tert-OH is 2. The zero-order valence-electron chi connectivity index (χ0n) is 77.8. The molecule has 0 saturated heterocycles. The number of allylic oxidation sites excluding steroid dienone is 30. The van der Waals surface area contributed by atoms with E-state index in [0.717, 1.165) is 180 Å². The van der Waals surface area contributed by atoms with Gasteiger partial charge in [0.2, 0.25) is 0 Å². The minimum atomic E-state index is -4.95. The lowest BCUT2D eigenvalue weighted by molar-refractivity contribution is -0.161. The maximum Gasteiger partial charge on any atom is 0.472 e. The van der Waals surface area contributed by atoms with E-state index in [1.807, 2.05) is 0 Å². The van der Waals surface area contributed by atoms with Crippen molar-refractivity contribution in [2.75, 3.05) is 39.6 Å². The van der Waals surface area contributed by atoms with E-state index in [1.54, 1.807) is 0 Å². The van der Waals surface area contributed by atoms with Gasteiger partial charge in [0, 0.05) is 19.3 Å². The first-order valence-corrected chi connectivity index (χ1v) is 52.1. The smallest absolute Gasteiger partial charge is 0.463 e. The van der Waals surface area contributed by atoms with E-state index in [-0.39, 0.29) is 19.3 Å². The Balaban J connectivity index is 4.65. The van der Waals surface area contributed by atoms with Gasteiger partial charge >= 0.3 is 33.6 Å². The fraction of sp³-hybridized carbons (Fsp3) is 0.686. The van der Waals surface area contributed by atoms with Crippen LogP contribution < -0.4 is 0 Å². The molecule has 18 heteroatoms. The summed E-state index contributed by atoms with van der Waals surface area (Å²) < 4.78 is 61.6. The average molecular weight is 1760 g/mol. The summed E-state index contributed by atoms with van der Waals surface area (Å²) in [6, 6.07) is 0. The molecule has 0 aromatic rings. The van der Waals surface area contributed by atoms with Crippen molar-refractivity contribution in [3.05, 3.63) is 182 Å². The number of aliphatic hydroxyl groups is 2. The van der Waals surface area contributed by atoms with E-state index in [0.29, 0.717) is 19.3 Å². The fourth-order valence-electron chi connectivity index (χ4n) is 13.2. The van der Waals surface area contributed by atoms with Crippen molar-refractivity contribution in [2.45, 2.75) is 424 Å². The Morgan fingerprint density at radius 3 is 0.683 bits per heavy atom. The van der Waals surface area contributed by atoms with Gasteiger partial charge in [0.25, 0.3) is 0 Å². The first-order valence-electron chi connectivity index (χ1n) is 49.1. The maximum atomic E-state index is 13.1. The van der Waals surface area contributed by atoms with Gasteiger partial charge < -0.3 is 34.2 Å². The first kappa shape index (κ1) is 118. The molecular weight excluding hydrogens is 1580 g/mol. The lowest BCUT2D eigenvalue weighted by atomic mass is 10.0. The molecule has 0 bridgehead atoms. The Morgan fingerprint density at radius 1 is 0.236 bits per heavy atom. The molecular formula is C105H178O16P2. The van der Waals surface area contributed by atoms with Gasteiger partial charge in [-0.15, -0.1) is 0 Å². The summed E-state index contributed by atoms with van der Waals surface area (Å²) in [6.07, 6.45) is 126. The quantitative estimate of drug-likeness (QED) is 0.0146. The van der Waals surface area contributed by atoms with Crippen molar-refractivity contribution in [1.29, 1.82) is 0 Å². The Morgan fingerprint density at radius 2 is 0.431 bits per heavy atom. The molecule has 0 aromatic carbocycles. The van der Waals surface area contributed by atoms with Gasteiger partial charge in [0.05, 0.1) is 26.4 Å². The second-order valence-corrected chi connectivity index (χ2v) is 35.4. The summed E-state index contributed by atoms with van der Waals surface area (Å²) in [7, 11) is -9.82. The van der Waals surface area contributed by atoms with Crippen LogP contribution in [0.2, 0.25) is 0 Å². The molecule has 5 unspecified atom stereocenters. The molecule has 0 spiro atoms. The van der Waals surface area contributed by atoms with Gasteiger partial charge in [-0.1, -0.05) is 409 Å². The minimum Gasteiger partial charge on any atom is -0.463 e. The highest BCUT2D eigenvalue weighted by atomic mass is 31.2. The van der Waals surface area contributed by atoms with Crippen LogP contribution in [-0.2, 0) is 55.8 Å². The Bertz CT molecular complexity index is 2970. The second kappa shape index (κ2) is 95.7. The van der Waals surface area contributed by atoms with Gasteiger partial charge in [0.15, 0.2) is 6.10 Å². The zero-order valence-corrected chi connectivity index (χ0v) is 79.6. The third kappa shape index (κ3) is 97.1. The lowest BCUT2D eigenvalue weighted by Gasteiger charge is -2.21. The number of phosphoric ester groups is 2. The van der Waals surface area contributed by atoms with Crippen molar-refractivity contribution >= 4 is 33.6 Å². The predicted octanol–water partition coefficient (Wildman–Crippen LogP) is 30.8. The van der Waals surface area contributed by atoms with Crippen LogP contribution in [0.3, 0.4) is 0 Å². The molecule has 0 radical (unpaired) electrons.